The standard InChI is InChI=1S/C15H18ClNO3S/c1-12(7-9-21(16,18)19)6-8-20-14-10-13-4-2-3-5-15(13)17-11-14/h2-5,10-12H,6-9H2,1H3. The zero-order chi connectivity index (χ0) is 15.3. The lowest BCUT2D eigenvalue weighted by Crippen LogP contribution is -2.08. The molecule has 0 bridgehead atoms. The maximum atomic E-state index is 10.9. The van der Waals surface area contributed by atoms with Gasteiger partial charge in [0.15, 0.2) is 0 Å². The van der Waals surface area contributed by atoms with Crippen molar-refractivity contribution in [1.82, 2.24) is 4.98 Å². The van der Waals surface area contributed by atoms with Crippen molar-refractivity contribution in [2.24, 2.45) is 5.92 Å². The Bertz CT molecular complexity index is 703. The van der Waals surface area contributed by atoms with E-state index in [1.54, 1.807) is 6.20 Å². The largest absolute Gasteiger partial charge is 0.492 e. The van der Waals surface area contributed by atoms with Gasteiger partial charge in [0.1, 0.15) is 5.75 Å². The monoisotopic (exact) mass is 327 g/mol. The first-order chi connectivity index (χ1) is 9.94. The van der Waals surface area contributed by atoms with Crippen molar-refractivity contribution in [3.63, 3.8) is 0 Å². The normalized spacial score (nSPS) is 13.2. The maximum Gasteiger partial charge on any atom is 0.232 e. The lowest BCUT2D eigenvalue weighted by atomic mass is 10.1. The number of halogens is 1. The summed E-state index contributed by atoms with van der Waals surface area (Å²) >= 11 is 0. The van der Waals surface area contributed by atoms with Gasteiger partial charge in [-0.05, 0) is 30.9 Å². The van der Waals surface area contributed by atoms with Gasteiger partial charge in [0.05, 0.1) is 24.1 Å². The molecule has 0 amide bonds. The summed E-state index contributed by atoms with van der Waals surface area (Å²) in [4.78, 5) is 4.33. The van der Waals surface area contributed by atoms with E-state index in [9.17, 15) is 8.42 Å². The van der Waals surface area contributed by atoms with Crippen LogP contribution in [0.2, 0.25) is 0 Å². The molecule has 4 nitrogen and oxygen atoms in total. The average Bonchev–Trinajstić information content (AvgIpc) is 2.44. The third kappa shape index (κ3) is 5.52. The summed E-state index contributed by atoms with van der Waals surface area (Å²) in [7, 11) is 1.80. The van der Waals surface area contributed by atoms with Crippen molar-refractivity contribution in [2.75, 3.05) is 12.4 Å². The Kier molecular flexibility index (Phi) is 5.42. The summed E-state index contributed by atoms with van der Waals surface area (Å²) in [6, 6.07) is 9.80. The predicted octanol–water partition coefficient (Wildman–Crippen LogP) is 3.60. The molecule has 2 aromatic rings. The molecule has 1 unspecified atom stereocenters. The highest BCUT2D eigenvalue weighted by atomic mass is 35.7. The lowest BCUT2D eigenvalue weighted by molar-refractivity contribution is 0.281. The SMILES string of the molecule is CC(CCOc1cnc2ccccc2c1)CCS(=O)(=O)Cl. The van der Waals surface area contributed by atoms with Crippen LogP contribution in [0.5, 0.6) is 5.75 Å². The van der Waals surface area contributed by atoms with Crippen LogP contribution in [-0.2, 0) is 9.05 Å². The topological polar surface area (TPSA) is 56.3 Å². The first-order valence-corrected chi connectivity index (χ1v) is 9.32. The van der Waals surface area contributed by atoms with Gasteiger partial charge in [-0.1, -0.05) is 25.1 Å². The minimum absolute atomic E-state index is 0.00719. The van der Waals surface area contributed by atoms with Crippen molar-refractivity contribution >= 4 is 30.6 Å². The molecule has 0 N–H and O–H groups in total. The minimum Gasteiger partial charge on any atom is -0.492 e. The van der Waals surface area contributed by atoms with E-state index in [4.69, 9.17) is 15.4 Å². The fourth-order valence-corrected chi connectivity index (χ4v) is 2.95. The fourth-order valence-electron chi connectivity index (χ4n) is 1.99. The number of ether oxygens (including phenoxy) is 1. The quantitative estimate of drug-likeness (QED) is 0.729. The van der Waals surface area contributed by atoms with Crippen LogP contribution in [0.3, 0.4) is 0 Å². The number of para-hydroxylation sites is 1. The van der Waals surface area contributed by atoms with E-state index in [1.165, 1.54) is 0 Å². The molecule has 0 radical (unpaired) electrons. The summed E-state index contributed by atoms with van der Waals surface area (Å²) < 4.78 is 27.4. The van der Waals surface area contributed by atoms with Crippen LogP contribution in [-0.4, -0.2) is 25.8 Å². The van der Waals surface area contributed by atoms with Gasteiger partial charge in [0.25, 0.3) is 0 Å². The Morgan fingerprint density at radius 1 is 1.29 bits per heavy atom. The number of fused-ring (bicyclic) bond motifs is 1. The number of nitrogens with zero attached hydrogens (tertiary/aromatic N) is 1. The number of pyridine rings is 1. The number of aromatic nitrogens is 1. The zero-order valence-corrected chi connectivity index (χ0v) is 13.4. The van der Waals surface area contributed by atoms with Crippen LogP contribution in [0.1, 0.15) is 19.8 Å². The third-order valence-electron chi connectivity index (χ3n) is 3.30. The molecular formula is C15H18ClNO3S. The van der Waals surface area contributed by atoms with Crippen LogP contribution < -0.4 is 4.74 Å². The van der Waals surface area contributed by atoms with E-state index in [1.807, 2.05) is 37.3 Å². The van der Waals surface area contributed by atoms with Gasteiger partial charge in [-0.15, -0.1) is 0 Å². The molecule has 0 spiro atoms. The van der Waals surface area contributed by atoms with E-state index in [0.29, 0.717) is 13.0 Å². The summed E-state index contributed by atoms with van der Waals surface area (Å²) in [6.45, 7) is 2.52. The van der Waals surface area contributed by atoms with Crippen LogP contribution in [0, 0.1) is 5.92 Å². The first-order valence-electron chi connectivity index (χ1n) is 6.84. The second-order valence-electron chi connectivity index (χ2n) is 5.14. The molecular weight excluding hydrogens is 310 g/mol. The maximum absolute atomic E-state index is 10.9. The molecule has 1 aromatic heterocycles. The molecule has 6 heteroatoms. The van der Waals surface area contributed by atoms with Crippen molar-refractivity contribution in [3.8, 4) is 5.75 Å². The Morgan fingerprint density at radius 2 is 2.05 bits per heavy atom. The van der Waals surface area contributed by atoms with Crippen molar-refractivity contribution in [2.45, 2.75) is 19.8 Å². The summed E-state index contributed by atoms with van der Waals surface area (Å²) in [5.74, 6) is 0.977. The van der Waals surface area contributed by atoms with Crippen molar-refractivity contribution in [3.05, 3.63) is 36.5 Å². The van der Waals surface area contributed by atoms with E-state index >= 15 is 0 Å². The second kappa shape index (κ2) is 7.09. The molecule has 0 aliphatic rings. The number of hydrogen-bond donors (Lipinski definition) is 0. The van der Waals surface area contributed by atoms with Gasteiger partial charge >= 0.3 is 0 Å². The zero-order valence-electron chi connectivity index (χ0n) is 11.8. The Balaban J connectivity index is 1.82. The summed E-state index contributed by atoms with van der Waals surface area (Å²) in [5.41, 5.74) is 0.936. The number of hydrogen-bond acceptors (Lipinski definition) is 4. The molecule has 0 aliphatic carbocycles. The number of rotatable bonds is 7. The second-order valence-corrected chi connectivity index (χ2v) is 8.03. The van der Waals surface area contributed by atoms with E-state index in [0.717, 1.165) is 23.1 Å². The van der Waals surface area contributed by atoms with Gasteiger partial charge in [0.2, 0.25) is 9.05 Å². The highest BCUT2D eigenvalue weighted by Gasteiger charge is 2.10. The third-order valence-corrected chi connectivity index (χ3v) is 4.49. The molecule has 114 valence electrons. The van der Waals surface area contributed by atoms with E-state index < -0.39 is 9.05 Å². The molecule has 1 atom stereocenters. The minimum atomic E-state index is -3.40. The molecule has 1 aromatic carbocycles. The predicted molar refractivity (Wildman–Crippen MR) is 85.3 cm³/mol. The van der Waals surface area contributed by atoms with Gasteiger partial charge in [-0.2, -0.15) is 0 Å². The van der Waals surface area contributed by atoms with Crippen molar-refractivity contribution < 1.29 is 13.2 Å². The fraction of sp³-hybridized carbons (Fsp3) is 0.400. The molecule has 0 saturated heterocycles. The summed E-state index contributed by atoms with van der Waals surface area (Å²) in [6.07, 6.45) is 3.03. The molecule has 0 fully saturated rings. The highest BCUT2D eigenvalue weighted by Crippen LogP contribution is 2.19. The average molecular weight is 328 g/mol. The molecule has 1 heterocycles. The van der Waals surface area contributed by atoms with E-state index in [-0.39, 0.29) is 11.7 Å². The van der Waals surface area contributed by atoms with Gasteiger partial charge in [0, 0.05) is 16.1 Å². The smallest absolute Gasteiger partial charge is 0.232 e. The Labute approximate surface area is 129 Å². The van der Waals surface area contributed by atoms with Crippen LogP contribution in [0.4, 0.5) is 0 Å². The molecule has 2 rings (SSSR count). The van der Waals surface area contributed by atoms with Gasteiger partial charge in [-0.3, -0.25) is 4.98 Å². The van der Waals surface area contributed by atoms with Gasteiger partial charge < -0.3 is 4.74 Å². The van der Waals surface area contributed by atoms with Crippen LogP contribution in [0.15, 0.2) is 36.5 Å². The van der Waals surface area contributed by atoms with Crippen LogP contribution >= 0.6 is 10.7 Å². The number of benzene rings is 1. The van der Waals surface area contributed by atoms with Gasteiger partial charge in [-0.25, -0.2) is 8.42 Å². The Hall–Kier alpha value is -1.33. The Morgan fingerprint density at radius 3 is 2.81 bits per heavy atom. The highest BCUT2D eigenvalue weighted by molar-refractivity contribution is 8.13. The molecule has 0 saturated carbocycles. The molecule has 21 heavy (non-hydrogen) atoms. The lowest BCUT2D eigenvalue weighted by Gasteiger charge is -2.11. The van der Waals surface area contributed by atoms with Crippen LogP contribution in [0.25, 0.3) is 10.9 Å². The van der Waals surface area contributed by atoms with Crippen molar-refractivity contribution in [1.29, 1.82) is 0 Å². The first kappa shape index (κ1) is 16.0. The summed E-state index contributed by atoms with van der Waals surface area (Å²) in [5, 5.41) is 1.04. The van der Waals surface area contributed by atoms with E-state index in [2.05, 4.69) is 4.98 Å². The molecule has 0 aliphatic heterocycles.